The molecule has 0 amide bonds. The largest absolute Gasteiger partial charge is 0.369 e. The van der Waals surface area contributed by atoms with Crippen LogP contribution in [-0.4, -0.2) is 44.6 Å². The number of nitrogens with one attached hydrogen (secondary N) is 2. The van der Waals surface area contributed by atoms with Crippen molar-refractivity contribution >= 4 is 21.7 Å². The van der Waals surface area contributed by atoms with Crippen LogP contribution in [0.1, 0.15) is 24.0 Å². The van der Waals surface area contributed by atoms with E-state index in [2.05, 4.69) is 24.9 Å². The van der Waals surface area contributed by atoms with Crippen molar-refractivity contribution in [3.63, 3.8) is 0 Å². The van der Waals surface area contributed by atoms with E-state index in [1.54, 1.807) is 13.0 Å². The molecule has 1 aliphatic heterocycles. The van der Waals surface area contributed by atoms with Crippen LogP contribution in [-0.2, 0) is 10.0 Å². The lowest BCUT2D eigenvalue weighted by molar-refractivity contribution is 0.582. The van der Waals surface area contributed by atoms with E-state index in [0.717, 1.165) is 30.0 Å². The van der Waals surface area contributed by atoms with Gasteiger partial charge in [-0.1, -0.05) is 12.1 Å². The van der Waals surface area contributed by atoms with Crippen molar-refractivity contribution in [2.45, 2.75) is 31.6 Å². The molecule has 0 atom stereocenters. The molecule has 1 fully saturated rings. The third-order valence-corrected chi connectivity index (χ3v) is 6.04. The maximum Gasteiger partial charge on any atom is 0.240 e. The lowest BCUT2D eigenvalue weighted by atomic mass is 10.2. The van der Waals surface area contributed by atoms with Gasteiger partial charge >= 0.3 is 0 Å². The van der Waals surface area contributed by atoms with Gasteiger partial charge in [0.15, 0.2) is 0 Å². The number of rotatable bonds is 7. The zero-order valence-corrected chi connectivity index (χ0v) is 16.0. The van der Waals surface area contributed by atoms with Gasteiger partial charge in [0, 0.05) is 32.2 Å². The van der Waals surface area contributed by atoms with E-state index in [4.69, 9.17) is 0 Å². The minimum atomic E-state index is -3.52. The Morgan fingerprint density at radius 2 is 1.85 bits per heavy atom. The van der Waals surface area contributed by atoms with Gasteiger partial charge in [-0.3, -0.25) is 0 Å². The lowest BCUT2D eigenvalue weighted by Crippen LogP contribution is -2.29. The van der Waals surface area contributed by atoms with Gasteiger partial charge in [-0.2, -0.15) is 0 Å². The number of aromatic nitrogens is 2. The number of hydrogen-bond acceptors (Lipinski definition) is 6. The van der Waals surface area contributed by atoms with Gasteiger partial charge < -0.3 is 10.2 Å². The molecule has 0 bridgehead atoms. The summed E-state index contributed by atoms with van der Waals surface area (Å²) in [5, 5.41) is 3.15. The van der Waals surface area contributed by atoms with Crippen molar-refractivity contribution < 1.29 is 8.42 Å². The minimum Gasteiger partial charge on any atom is -0.369 e. The highest BCUT2D eigenvalue weighted by atomic mass is 32.2. The van der Waals surface area contributed by atoms with E-state index in [1.807, 2.05) is 25.1 Å². The molecule has 26 heavy (non-hydrogen) atoms. The molecule has 8 heteroatoms. The Morgan fingerprint density at radius 3 is 2.62 bits per heavy atom. The van der Waals surface area contributed by atoms with Crippen molar-refractivity contribution in [1.29, 1.82) is 0 Å². The predicted octanol–water partition coefficient (Wildman–Crippen LogP) is 2.08. The Kier molecular flexibility index (Phi) is 5.73. The van der Waals surface area contributed by atoms with Gasteiger partial charge in [-0.25, -0.2) is 23.1 Å². The maximum absolute atomic E-state index is 12.5. The van der Waals surface area contributed by atoms with E-state index < -0.39 is 10.0 Å². The van der Waals surface area contributed by atoms with E-state index in [1.165, 1.54) is 19.2 Å². The fraction of sp³-hybridized carbons (Fsp3) is 0.444. The first-order chi connectivity index (χ1) is 12.5. The third-order valence-electron chi connectivity index (χ3n) is 4.44. The Hall–Kier alpha value is -2.19. The molecule has 0 aliphatic carbocycles. The zero-order chi connectivity index (χ0) is 18.6. The van der Waals surface area contributed by atoms with Crippen LogP contribution in [0, 0.1) is 13.8 Å². The highest BCUT2D eigenvalue weighted by Crippen LogP contribution is 2.19. The SMILES string of the molecule is Cc1ccc(C)c(S(=O)(=O)NCCNc2cc(N3CCCC3)ncn2)c1. The Bertz CT molecular complexity index is 864. The first-order valence-electron chi connectivity index (χ1n) is 8.83. The number of aryl methyl sites for hydroxylation is 2. The van der Waals surface area contributed by atoms with Crippen molar-refractivity contribution in [3.8, 4) is 0 Å². The standard InChI is InChI=1S/C18H25N5O2S/c1-14-5-6-15(2)16(11-14)26(24,25)22-8-7-19-17-12-18(21-13-20-17)23-9-3-4-10-23/h5-6,11-13,22H,3-4,7-10H2,1-2H3,(H,19,20,21). The molecule has 1 saturated heterocycles. The smallest absolute Gasteiger partial charge is 0.240 e. The molecule has 140 valence electrons. The number of nitrogens with zero attached hydrogens (tertiary/aromatic N) is 3. The van der Waals surface area contributed by atoms with Crippen molar-refractivity contribution in [2.75, 3.05) is 36.4 Å². The van der Waals surface area contributed by atoms with E-state index in [-0.39, 0.29) is 6.54 Å². The zero-order valence-electron chi connectivity index (χ0n) is 15.2. The molecule has 1 aliphatic rings. The minimum absolute atomic E-state index is 0.277. The summed E-state index contributed by atoms with van der Waals surface area (Å²) in [5.74, 6) is 1.61. The molecule has 0 spiro atoms. The molecule has 2 aromatic rings. The predicted molar refractivity (Wildman–Crippen MR) is 103 cm³/mol. The van der Waals surface area contributed by atoms with Gasteiger partial charge in [0.05, 0.1) is 4.90 Å². The van der Waals surface area contributed by atoms with Crippen molar-refractivity contribution in [3.05, 3.63) is 41.7 Å². The molecule has 0 unspecified atom stereocenters. The average Bonchev–Trinajstić information content (AvgIpc) is 3.16. The summed E-state index contributed by atoms with van der Waals surface area (Å²) < 4.78 is 27.6. The lowest BCUT2D eigenvalue weighted by Gasteiger charge is -2.16. The summed E-state index contributed by atoms with van der Waals surface area (Å²) >= 11 is 0. The third kappa shape index (κ3) is 4.50. The first-order valence-corrected chi connectivity index (χ1v) is 10.3. The highest BCUT2D eigenvalue weighted by Gasteiger charge is 2.16. The van der Waals surface area contributed by atoms with Gasteiger partial charge in [-0.05, 0) is 43.9 Å². The van der Waals surface area contributed by atoms with Crippen LogP contribution < -0.4 is 14.9 Å². The van der Waals surface area contributed by atoms with Crippen molar-refractivity contribution in [2.24, 2.45) is 0 Å². The first kappa shape index (κ1) is 18.6. The van der Waals surface area contributed by atoms with E-state index in [9.17, 15) is 8.42 Å². The molecule has 0 radical (unpaired) electrons. The number of anilines is 2. The van der Waals surface area contributed by atoms with Crippen LogP contribution in [0.4, 0.5) is 11.6 Å². The second-order valence-corrected chi connectivity index (χ2v) is 8.28. The van der Waals surface area contributed by atoms with Crippen LogP contribution in [0.5, 0.6) is 0 Å². The molecule has 7 nitrogen and oxygen atoms in total. The Morgan fingerprint density at radius 1 is 1.08 bits per heavy atom. The molecule has 2 heterocycles. The molecule has 1 aromatic carbocycles. The average molecular weight is 375 g/mol. The summed E-state index contributed by atoms with van der Waals surface area (Å²) in [7, 11) is -3.52. The normalized spacial score (nSPS) is 14.6. The second kappa shape index (κ2) is 8.01. The highest BCUT2D eigenvalue weighted by molar-refractivity contribution is 7.89. The van der Waals surface area contributed by atoms with Crippen LogP contribution in [0.15, 0.2) is 35.5 Å². The van der Waals surface area contributed by atoms with Gasteiger partial charge in [0.1, 0.15) is 18.0 Å². The monoisotopic (exact) mass is 375 g/mol. The summed E-state index contributed by atoms with van der Waals surface area (Å²) in [6.07, 6.45) is 3.91. The molecular weight excluding hydrogens is 350 g/mol. The van der Waals surface area contributed by atoms with Crippen LogP contribution in [0.2, 0.25) is 0 Å². The van der Waals surface area contributed by atoms with Gasteiger partial charge in [0.2, 0.25) is 10.0 Å². The van der Waals surface area contributed by atoms with E-state index >= 15 is 0 Å². The molecule has 2 N–H and O–H groups in total. The number of hydrogen-bond donors (Lipinski definition) is 2. The molecule has 1 aromatic heterocycles. The quantitative estimate of drug-likeness (QED) is 0.721. The summed E-state index contributed by atoms with van der Waals surface area (Å²) in [4.78, 5) is 11.1. The van der Waals surface area contributed by atoms with Crippen LogP contribution in [0.25, 0.3) is 0 Å². The molecule has 3 rings (SSSR count). The van der Waals surface area contributed by atoms with Crippen molar-refractivity contribution in [1.82, 2.24) is 14.7 Å². The van der Waals surface area contributed by atoms with E-state index in [0.29, 0.717) is 17.3 Å². The summed E-state index contributed by atoms with van der Waals surface area (Å²) in [6, 6.07) is 7.33. The van der Waals surface area contributed by atoms with Gasteiger partial charge in [-0.15, -0.1) is 0 Å². The number of sulfonamides is 1. The Balaban J connectivity index is 1.55. The van der Waals surface area contributed by atoms with Gasteiger partial charge in [0.25, 0.3) is 0 Å². The number of benzene rings is 1. The Labute approximate surface area is 154 Å². The van der Waals surface area contributed by atoms with Crippen LogP contribution in [0.3, 0.4) is 0 Å². The fourth-order valence-corrected chi connectivity index (χ4v) is 4.37. The topological polar surface area (TPSA) is 87.2 Å². The molecule has 0 saturated carbocycles. The fourth-order valence-electron chi connectivity index (χ4n) is 3.01. The summed E-state index contributed by atoms with van der Waals surface area (Å²) in [5.41, 5.74) is 1.66. The maximum atomic E-state index is 12.5. The second-order valence-electron chi connectivity index (χ2n) is 6.55. The molecular formula is C18H25N5O2S. The van der Waals surface area contributed by atoms with Crippen LogP contribution >= 0.6 is 0 Å². The summed E-state index contributed by atoms with van der Waals surface area (Å²) in [6.45, 7) is 6.44.